The summed E-state index contributed by atoms with van der Waals surface area (Å²) in [5.41, 5.74) is 0.861. The van der Waals surface area contributed by atoms with E-state index in [0.29, 0.717) is 0 Å². The zero-order chi connectivity index (χ0) is 23.3. The maximum atomic E-state index is 12.0. The average Bonchev–Trinajstić information content (AvgIpc) is 3.18. The number of hydrogen-bond donors (Lipinski definition) is 0. The SMILES string of the molecule is CC(=O)O[C@H]1[C@H](C)OC(=O)[C@H]1CCCCCCCCCCCCCCC1=C[C@H](C)OC1=O. The van der Waals surface area contributed by atoms with Gasteiger partial charge in [0.2, 0.25) is 0 Å². The third kappa shape index (κ3) is 9.33. The van der Waals surface area contributed by atoms with Crippen molar-refractivity contribution in [3.05, 3.63) is 11.6 Å². The van der Waals surface area contributed by atoms with Gasteiger partial charge in [0.05, 0.1) is 5.92 Å². The van der Waals surface area contributed by atoms with Crippen LogP contribution in [0.3, 0.4) is 0 Å². The Labute approximate surface area is 193 Å². The molecular weight excluding hydrogens is 408 g/mol. The molecule has 0 unspecified atom stereocenters. The summed E-state index contributed by atoms with van der Waals surface area (Å²) in [6, 6.07) is 0. The number of hydrogen-bond acceptors (Lipinski definition) is 6. The first kappa shape index (κ1) is 26.4. The largest absolute Gasteiger partial charge is 0.458 e. The third-order valence-electron chi connectivity index (χ3n) is 6.47. The number of ether oxygens (including phenoxy) is 3. The maximum Gasteiger partial charge on any atom is 0.334 e. The molecular formula is C26H42O6. The van der Waals surface area contributed by atoms with Crippen LogP contribution in [0.1, 0.15) is 111 Å². The van der Waals surface area contributed by atoms with Gasteiger partial charge in [-0.15, -0.1) is 0 Å². The maximum absolute atomic E-state index is 12.0. The van der Waals surface area contributed by atoms with Crippen LogP contribution in [0.5, 0.6) is 0 Å². The second-order valence-corrected chi connectivity index (χ2v) is 9.41. The van der Waals surface area contributed by atoms with Crippen LogP contribution in [-0.2, 0) is 28.6 Å². The molecule has 1 saturated heterocycles. The van der Waals surface area contributed by atoms with Gasteiger partial charge in [-0.3, -0.25) is 9.59 Å². The van der Waals surface area contributed by atoms with Gasteiger partial charge in [-0.05, 0) is 39.2 Å². The Balaban J connectivity index is 1.37. The second kappa shape index (κ2) is 14.3. The average molecular weight is 451 g/mol. The Bertz CT molecular complexity index is 640. The van der Waals surface area contributed by atoms with E-state index in [1.807, 2.05) is 13.0 Å². The molecule has 1 fully saturated rings. The smallest absolute Gasteiger partial charge is 0.334 e. The molecule has 0 aromatic heterocycles. The molecule has 2 rings (SSSR count). The molecule has 0 aromatic rings. The molecule has 0 radical (unpaired) electrons. The van der Waals surface area contributed by atoms with E-state index in [0.717, 1.165) is 37.7 Å². The lowest BCUT2D eigenvalue weighted by atomic mass is 9.94. The fourth-order valence-corrected chi connectivity index (χ4v) is 4.71. The van der Waals surface area contributed by atoms with Crippen LogP contribution in [0.4, 0.5) is 0 Å². The van der Waals surface area contributed by atoms with Gasteiger partial charge in [0.15, 0.2) is 6.10 Å². The lowest BCUT2D eigenvalue weighted by molar-refractivity contribution is -0.150. The Hall–Kier alpha value is -1.85. The number of carbonyl (C=O) groups is 3. The van der Waals surface area contributed by atoms with Crippen molar-refractivity contribution in [2.45, 2.75) is 129 Å². The van der Waals surface area contributed by atoms with Gasteiger partial charge in [-0.1, -0.05) is 70.6 Å². The minimum atomic E-state index is -0.431. The van der Waals surface area contributed by atoms with Crippen LogP contribution in [0.15, 0.2) is 11.6 Å². The van der Waals surface area contributed by atoms with E-state index in [-0.39, 0.29) is 36.0 Å². The summed E-state index contributed by atoms with van der Waals surface area (Å²) in [5, 5.41) is 0. The van der Waals surface area contributed by atoms with E-state index < -0.39 is 6.10 Å². The van der Waals surface area contributed by atoms with E-state index in [2.05, 4.69) is 0 Å². The molecule has 0 N–H and O–H groups in total. The molecule has 4 atom stereocenters. The number of rotatable bonds is 16. The lowest BCUT2D eigenvalue weighted by Gasteiger charge is -2.18. The lowest BCUT2D eigenvalue weighted by Crippen LogP contribution is -2.30. The summed E-state index contributed by atoms with van der Waals surface area (Å²) in [6.07, 6.45) is 17.1. The van der Waals surface area contributed by atoms with Crippen LogP contribution < -0.4 is 0 Å². The Morgan fingerprint density at radius 1 is 0.844 bits per heavy atom. The number of unbranched alkanes of at least 4 members (excludes halogenated alkanes) is 11. The Morgan fingerprint density at radius 2 is 1.38 bits per heavy atom. The van der Waals surface area contributed by atoms with Gasteiger partial charge in [0.25, 0.3) is 0 Å². The van der Waals surface area contributed by atoms with Gasteiger partial charge in [0, 0.05) is 12.5 Å². The van der Waals surface area contributed by atoms with Crippen molar-refractivity contribution < 1.29 is 28.6 Å². The van der Waals surface area contributed by atoms with E-state index in [1.165, 1.54) is 64.7 Å². The predicted molar refractivity (Wildman–Crippen MR) is 123 cm³/mol. The van der Waals surface area contributed by atoms with Crippen LogP contribution in [0.2, 0.25) is 0 Å². The minimum Gasteiger partial charge on any atom is -0.458 e. The first-order valence-corrected chi connectivity index (χ1v) is 12.7. The monoisotopic (exact) mass is 450 g/mol. The molecule has 32 heavy (non-hydrogen) atoms. The standard InChI is InChI=1S/C26H42O6/c1-19-18-22(25(28)30-19)16-14-12-10-8-6-4-5-7-9-11-13-15-17-23-24(32-21(3)27)20(2)31-26(23)29/h18-20,23-24H,4-17H2,1-3H3/t19-,20-,23-,24-/m0/s1. The highest BCUT2D eigenvalue weighted by molar-refractivity contribution is 5.90. The van der Waals surface area contributed by atoms with E-state index in [4.69, 9.17) is 14.2 Å². The van der Waals surface area contributed by atoms with Crippen LogP contribution >= 0.6 is 0 Å². The summed E-state index contributed by atoms with van der Waals surface area (Å²) in [5.74, 6) is -1.01. The van der Waals surface area contributed by atoms with Crippen molar-refractivity contribution in [3.8, 4) is 0 Å². The molecule has 2 heterocycles. The molecule has 0 aliphatic carbocycles. The highest BCUT2D eigenvalue weighted by Crippen LogP contribution is 2.29. The summed E-state index contributed by atoms with van der Waals surface area (Å²) < 4.78 is 15.7. The molecule has 0 amide bonds. The van der Waals surface area contributed by atoms with Crippen molar-refractivity contribution in [2.24, 2.45) is 5.92 Å². The van der Waals surface area contributed by atoms with Crippen LogP contribution in [0.25, 0.3) is 0 Å². The van der Waals surface area contributed by atoms with Gasteiger partial charge < -0.3 is 14.2 Å². The minimum absolute atomic E-state index is 0.0490. The molecule has 0 spiro atoms. The summed E-state index contributed by atoms with van der Waals surface area (Å²) in [6.45, 7) is 5.07. The zero-order valence-electron chi connectivity index (χ0n) is 20.2. The van der Waals surface area contributed by atoms with E-state index in [1.54, 1.807) is 6.92 Å². The topological polar surface area (TPSA) is 78.9 Å². The molecule has 6 nitrogen and oxygen atoms in total. The fourth-order valence-electron chi connectivity index (χ4n) is 4.71. The Kier molecular flexibility index (Phi) is 11.8. The van der Waals surface area contributed by atoms with Crippen molar-refractivity contribution in [1.82, 2.24) is 0 Å². The summed E-state index contributed by atoms with van der Waals surface area (Å²) in [4.78, 5) is 34.8. The predicted octanol–water partition coefficient (Wildman–Crippen LogP) is 5.81. The first-order valence-electron chi connectivity index (χ1n) is 12.7. The molecule has 2 aliphatic rings. The van der Waals surface area contributed by atoms with E-state index >= 15 is 0 Å². The fraction of sp³-hybridized carbons (Fsp3) is 0.808. The van der Waals surface area contributed by atoms with Gasteiger partial charge in [0.1, 0.15) is 12.2 Å². The van der Waals surface area contributed by atoms with Gasteiger partial charge in [-0.2, -0.15) is 0 Å². The normalized spacial score (nSPS) is 24.9. The molecule has 2 aliphatic heterocycles. The first-order chi connectivity index (χ1) is 15.4. The molecule has 0 aromatic carbocycles. The summed E-state index contributed by atoms with van der Waals surface area (Å²) in [7, 11) is 0. The highest BCUT2D eigenvalue weighted by Gasteiger charge is 2.44. The highest BCUT2D eigenvalue weighted by atomic mass is 16.6. The molecule has 0 saturated carbocycles. The quantitative estimate of drug-likeness (QED) is 0.168. The molecule has 0 bridgehead atoms. The van der Waals surface area contributed by atoms with Gasteiger partial charge >= 0.3 is 17.9 Å². The number of carbonyl (C=O) groups excluding carboxylic acids is 3. The number of esters is 3. The van der Waals surface area contributed by atoms with Gasteiger partial charge in [-0.25, -0.2) is 4.79 Å². The van der Waals surface area contributed by atoms with Crippen molar-refractivity contribution in [3.63, 3.8) is 0 Å². The van der Waals surface area contributed by atoms with Crippen molar-refractivity contribution >= 4 is 17.9 Å². The third-order valence-corrected chi connectivity index (χ3v) is 6.47. The van der Waals surface area contributed by atoms with Crippen LogP contribution in [0, 0.1) is 5.92 Å². The second-order valence-electron chi connectivity index (χ2n) is 9.41. The number of cyclic esters (lactones) is 2. The van der Waals surface area contributed by atoms with E-state index in [9.17, 15) is 14.4 Å². The molecule has 182 valence electrons. The zero-order valence-corrected chi connectivity index (χ0v) is 20.2. The molecule has 6 heteroatoms. The van der Waals surface area contributed by atoms with Crippen LogP contribution in [-0.4, -0.2) is 36.2 Å². The van der Waals surface area contributed by atoms with Crippen molar-refractivity contribution in [1.29, 1.82) is 0 Å². The Morgan fingerprint density at radius 3 is 1.88 bits per heavy atom. The van der Waals surface area contributed by atoms with Crippen molar-refractivity contribution in [2.75, 3.05) is 0 Å². The summed E-state index contributed by atoms with van der Waals surface area (Å²) >= 11 is 0.